The third-order valence-electron chi connectivity index (χ3n) is 2.60. The second-order valence-corrected chi connectivity index (χ2v) is 4.25. The lowest BCUT2D eigenvalue weighted by molar-refractivity contribution is -0.120. The number of benzene rings is 1. The zero-order chi connectivity index (χ0) is 15.3. The molecule has 1 aromatic rings. The number of hydrogen-bond donors (Lipinski definition) is 2. The first-order valence-corrected chi connectivity index (χ1v) is 7.09. The Hall–Kier alpha value is -1.79. The number of rotatable bonds is 11. The Bertz CT molecular complexity index is 412. The van der Waals surface area contributed by atoms with Gasteiger partial charge in [-0.25, -0.2) is 0 Å². The molecule has 0 aliphatic carbocycles. The Morgan fingerprint density at radius 2 is 1.81 bits per heavy atom. The Morgan fingerprint density at radius 3 is 2.48 bits per heavy atom. The van der Waals surface area contributed by atoms with Crippen LogP contribution in [0, 0.1) is 0 Å². The van der Waals surface area contributed by atoms with Crippen molar-refractivity contribution in [2.75, 3.05) is 46.6 Å². The van der Waals surface area contributed by atoms with Crippen molar-refractivity contribution < 1.29 is 19.0 Å². The fourth-order valence-corrected chi connectivity index (χ4v) is 1.63. The average Bonchev–Trinajstić information content (AvgIpc) is 2.49. The van der Waals surface area contributed by atoms with E-state index in [0.29, 0.717) is 38.7 Å². The molecular formula is C15H24N2O4. The second-order valence-electron chi connectivity index (χ2n) is 4.25. The molecule has 1 rings (SSSR count). The number of carbonyl (C=O) groups is 1. The summed E-state index contributed by atoms with van der Waals surface area (Å²) in [6, 6.07) is 7.53. The third kappa shape index (κ3) is 7.53. The maximum absolute atomic E-state index is 11.4. The number of para-hydroxylation sites is 2. The molecule has 0 spiro atoms. The molecule has 0 radical (unpaired) electrons. The van der Waals surface area contributed by atoms with Gasteiger partial charge in [0.2, 0.25) is 5.91 Å². The number of nitrogens with one attached hydrogen (secondary N) is 2. The first-order valence-electron chi connectivity index (χ1n) is 7.09. The van der Waals surface area contributed by atoms with Crippen LogP contribution in [-0.4, -0.2) is 52.5 Å². The summed E-state index contributed by atoms with van der Waals surface area (Å²) in [7, 11) is 1.60. The summed E-state index contributed by atoms with van der Waals surface area (Å²) >= 11 is 0. The zero-order valence-corrected chi connectivity index (χ0v) is 12.7. The van der Waals surface area contributed by atoms with Gasteiger partial charge in [-0.2, -0.15) is 0 Å². The summed E-state index contributed by atoms with van der Waals surface area (Å²) < 4.78 is 15.9. The molecule has 6 nitrogen and oxygen atoms in total. The molecule has 0 saturated carbocycles. The van der Waals surface area contributed by atoms with E-state index in [1.54, 1.807) is 7.11 Å². The van der Waals surface area contributed by atoms with Crippen LogP contribution in [0.25, 0.3) is 0 Å². The van der Waals surface area contributed by atoms with Crippen molar-refractivity contribution in [3.05, 3.63) is 24.3 Å². The summed E-state index contributed by atoms with van der Waals surface area (Å²) in [4.78, 5) is 11.4. The molecule has 21 heavy (non-hydrogen) atoms. The SMILES string of the molecule is CCOc1ccccc1OCCNCC(=O)NCCOC. The fourth-order valence-electron chi connectivity index (χ4n) is 1.63. The largest absolute Gasteiger partial charge is 0.490 e. The lowest BCUT2D eigenvalue weighted by Gasteiger charge is -2.12. The minimum Gasteiger partial charge on any atom is -0.490 e. The number of carbonyl (C=O) groups excluding carboxylic acids is 1. The first-order chi connectivity index (χ1) is 10.3. The molecule has 0 fully saturated rings. The Labute approximate surface area is 125 Å². The van der Waals surface area contributed by atoms with Crippen molar-refractivity contribution in [1.82, 2.24) is 10.6 Å². The van der Waals surface area contributed by atoms with Crippen LogP contribution in [0.1, 0.15) is 6.92 Å². The van der Waals surface area contributed by atoms with Gasteiger partial charge in [0.25, 0.3) is 0 Å². The highest BCUT2D eigenvalue weighted by atomic mass is 16.5. The van der Waals surface area contributed by atoms with Gasteiger partial charge in [-0.05, 0) is 19.1 Å². The van der Waals surface area contributed by atoms with Gasteiger partial charge in [0, 0.05) is 20.2 Å². The second kappa shape index (κ2) is 10.9. The van der Waals surface area contributed by atoms with E-state index in [-0.39, 0.29) is 12.5 Å². The van der Waals surface area contributed by atoms with Gasteiger partial charge in [0.15, 0.2) is 11.5 Å². The van der Waals surface area contributed by atoms with Crippen molar-refractivity contribution in [2.45, 2.75) is 6.92 Å². The maximum Gasteiger partial charge on any atom is 0.234 e. The van der Waals surface area contributed by atoms with Crippen LogP contribution in [0.5, 0.6) is 11.5 Å². The van der Waals surface area contributed by atoms with E-state index in [4.69, 9.17) is 14.2 Å². The lowest BCUT2D eigenvalue weighted by Crippen LogP contribution is -2.36. The predicted octanol–water partition coefficient (Wildman–Crippen LogP) is 0.816. The minimum absolute atomic E-state index is 0.0539. The average molecular weight is 296 g/mol. The molecule has 0 bridgehead atoms. The van der Waals surface area contributed by atoms with Gasteiger partial charge in [0.1, 0.15) is 6.61 Å². The number of methoxy groups -OCH3 is 1. The van der Waals surface area contributed by atoms with Crippen molar-refractivity contribution in [2.24, 2.45) is 0 Å². The Balaban J connectivity index is 2.15. The molecule has 1 aromatic carbocycles. The van der Waals surface area contributed by atoms with Gasteiger partial charge >= 0.3 is 0 Å². The van der Waals surface area contributed by atoms with Crippen molar-refractivity contribution in [3.63, 3.8) is 0 Å². The van der Waals surface area contributed by atoms with Crippen molar-refractivity contribution >= 4 is 5.91 Å². The highest BCUT2D eigenvalue weighted by molar-refractivity contribution is 5.77. The summed E-state index contributed by atoms with van der Waals surface area (Å²) in [5, 5.41) is 5.75. The van der Waals surface area contributed by atoms with E-state index in [9.17, 15) is 4.79 Å². The molecule has 0 unspecified atom stereocenters. The molecule has 6 heteroatoms. The highest BCUT2D eigenvalue weighted by Crippen LogP contribution is 2.25. The number of hydrogen-bond acceptors (Lipinski definition) is 5. The highest BCUT2D eigenvalue weighted by Gasteiger charge is 2.03. The van der Waals surface area contributed by atoms with Gasteiger partial charge in [0.05, 0.1) is 19.8 Å². The molecule has 0 atom stereocenters. The van der Waals surface area contributed by atoms with Crippen LogP contribution in [0.2, 0.25) is 0 Å². The summed E-state index contributed by atoms with van der Waals surface area (Å²) in [6.45, 7) is 4.88. The fraction of sp³-hybridized carbons (Fsp3) is 0.533. The summed E-state index contributed by atoms with van der Waals surface area (Å²) in [5.41, 5.74) is 0. The normalized spacial score (nSPS) is 10.2. The molecular weight excluding hydrogens is 272 g/mol. The standard InChI is InChI=1S/C15H24N2O4/c1-3-20-13-6-4-5-7-14(13)21-11-8-16-12-15(18)17-9-10-19-2/h4-7,16H,3,8-12H2,1-2H3,(H,17,18). The predicted molar refractivity (Wildman–Crippen MR) is 80.9 cm³/mol. The smallest absolute Gasteiger partial charge is 0.234 e. The molecule has 0 aliphatic rings. The van der Waals surface area contributed by atoms with E-state index in [1.807, 2.05) is 31.2 Å². The third-order valence-corrected chi connectivity index (χ3v) is 2.60. The molecule has 118 valence electrons. The summed E-state index contributed by atoms with van der Waals surface area (Å²) in [5.74, 6) is 1.39. The van der Waals surface area contributed by atoms with E-state index < -0.39 is 0 Å². The number of amides is 1. The number of ether oxygens (including phenoxy) is 3. The van der Waals surface area contributed by atoms with Gasteiger partial charge in [-0.1, -0.05) is 12.1 Å². The van der Waals surface area contributed by atoms with E-state index in [1.165, 1.54) is 0 Å². The van der Waals surface area contributed by atoms with Gasteiger partial charge in [-0.15, -0.1) is 0 Å². The van der Waals surface area contributed by atoms with E-state index in [2.05, 4.69) is 10.6 Å². The van der Waals surface area contributed by atoms with E-state index >= 15 is 0 Å². The summed E-state index contributed by atoms with van der Waals surface area (Å²) in [6.07, 6.45) is 0. The van der Waals surface area contributed by atoms with Gasteiger partial charge < -0.3 is 24.8 Å². The van der Waals surface area contributed by atoms with Crippen LogP contribution in [-0.2, 0) is 9.53 Å². The minimum atomic E-state index is -0.0539. The molecule has 0 heterocycles. The zero-order valence-electron chi connectivity index (χ0n) is 12.7. The topological polar surface area (TPSA) is 68.8 Å². The Morgan fingerprint density at radius 1 is 1.10 bits per heavy atom. The lowest BCUT2D eigenvalue weighted by atomic mass is 10.3. The molecule has 0 aromatic heterocycles. The van der Waals surface area contributed by atoms with Gasteiger partial charge in [-0.3, -0.25) is 4.79 Å². The van der Waals surface area contributed by atoms with Crippen LogP contribution < -0.4 is 20.1 Å². The first kappa shape index (κ1) is 17.3. The molecule has 0 aliphatic heterocycles. The van der Waals surface area contributed by atoms with E-state index in [0.717, 1.165) is 5.75 Å². The molecule has 1 amide bonds. The van der Waals surface area contributed by atoms with Crippen molar-refractivity contribution in [1.29, 1.82) is 0 Å². The molecule has 0 saturated heterocycles. The maximum atomic E-state index is 11.4. The Kier molecular flexibility index (Phi) is 8.99. The monoisotopic (exact) mass is 296 g/mol. The van der Waals surface area contributed by atoms with Crippen LogP contribution >= 0.6 is 0 Å². The van der Waals surface area contributed by atoms with Crippen LogP contribution in [0.3, 0.4) is 0 Å². The molecule has 2 N–H and O–H groups in total. The van der Waals surface area contributed by atoms with Crippen molar-refractivity contribution in [3.8, 4) is 11.5 Å². The van der Waals surface area contributed by atoms with Crippen LogP contribution in [0.4, 0.5) is 0 Å². The quantitative estimate of drug-likeness (QED) is 0.592. The van der Waals surface area contributed by atoms with Crippen LogP contribution in [0.15, 0.2) is 24.3 Å².